The molecule has 1 aromatic carbocycles. The van der Waals surface area contributed by atoms with Crippen LogP contribution in [0, 0.1) is 0 Å². The lowest BCUT2D eigenvalue weighted by atomic mass is 10.2. The molecule has 25 heavy (non-hydrogen) atoms. The highest BCUT2D eigenvalue weighted by Gasteiger charge is 2.08. The van der Waals surface area contributed by atoms with Crippen molar-refractivity contribution in [3.05, 3.63) is 68.7 Å². The van der Waals surface area contributed by atoms with Crippen LogP contribution in [0.2, 0.25) is 10.0 Å². The highest BCUT2D eigenvalue weighted by Crippen LogP contribution is 2.19. The number of aromatic nitrogens is 1. The van der Waals surface area contributed by atoms with E-state index in [-0.39, 0.29) is 22.2 Å². The number of nitrogens with zero attached hydrogens (tertiary/aromatic N) is 2. The Bertz CT molecular complexity index is 887. The molecule has 0 saturated carbocycles. The molecule has 0 aliphatic rings. The van der Waals surface area contributed by atoms with Gasteiger partial charge in [-0.1, -0.05) is 23.2 Å². The predicted octanol–water partition coefficient (Wildman–Crippen LogP) is 3.25. The first kappa shape index (κ1) is 18.8. The average molecular weight is 380 g/mol. The van der Waals surface area contributed by atoms with Crippen molar-refractivity contribution < 1.29 is 9.53 Å². The number of esters is 1. The quantitative estimate of drug-likeness (QED) is 0.490. The highest BCUT2D eigenvalue weighted by atomic mass is 35.5. The lowest BCUT2D eigenvalue weighted by Gasteiger charge is -2.07. The summed E-state index contributed by atoms with van der Waals surface area (Å²) in [4.78, 5) is 27.9. The fourth-order valence-electron chi connectivity index (χ4n) is 1.91. The van der Waals surface area contributed by atoms with Crippen LogP contribution in [0.25, 0.3) is 5.69 Å². The van der Waals surface area contributed by atoms with Crippen molar-refractivity contribution in [2.45, 2.75) is 6.92 Å². The van der Waals surface area contributed by atoms with Gasteiger partial charge in [-0.15, -0.1) is 0 Å². The number of halogens is 2. The summed E-state index contributed by atoms with van der Waals surface area (Å²) in [6.45, 7) is 1.95. The van der Waals surface area contributed by atoms with Crippen LogP contribution in [0.4, 0.5) is 5.69 Å². The Balaban J connectivity index is 2.23. The molecule has 0 unspecified atom stereocenters. The molecule has 0 amide bonds. The molecule has 6 nitrogen and oxygen atoms in total. The Morgan fingerprint density at radius 2 is 1.96 bits per heavy atom. The third-order valence-corrected chi connectivity index (χ3v) is 3.93. The number of benzene rings is 1. The summed E-state index contributed by atoms with van der Waals surface area (Å²) in [7, 11) is 0. The number of pyridine rings is 1. The number of carbonyl (C=O) groups excluding carboxylic acids is 1. The molecule has 0 fully saturated rings. The number of hydrogen-bond donors (Lipinski definition) is 1. The summed E-state index contributed by atoms with van der Waals surface area (Å²) in [6.07, 6.45) is 3.98. The molecule has 0 spiro atoms. The SMILES string of the molecule is CCOC(=O)/C(C=Nc1ccc(-n2ccc(Cl)c(Cl)c2=O)cc1)=C/N. The molecule has 2 N–H and O–H groups in total. The van der Waals surface area contributed by atoms with Crippen molar-refractivity contribution in [1.29, 1.82) is 0 Å². The fraction of sp³-hybridized carbons (Fsp3) is 0.118. The molecule has 0 aliphatic heterocycles. The summed E-state index contributed by atoms with van der Waals surface area (Å²) in [5.41, 5.74) is 6.29. The van der Waals surface area contributed by atoms with E-state index in [0.717, 1.165) is 6.20 Å². The number of rotatable bonds is 5. The van der Waals surface area contributed by atoms with Crippen molar-refractivity contribution in [3.8, 4) is 5.69 Å². The molecule has 0 atom stereocenters. The van der Waals surface area contributed by atoms with Crippen LogP contribution >= 0.6 is 23.2 Å². The standard InChI is InChI=1S/C17H15Cl2N3O3/c1-2-25-17(24)11(9-20)10-21-12-3-5-13(6-4-12)22-8-7-14(18)15(19)16(22)23/h3-10H,2,20H2,1H3/b11-9+,21-10?. The first-order valence-corrected chi connectivity index (χ1v) is 8.03. The second kappa shape index (κ2) is 8.50. The number of nitrogens with two attached hydrogens (primary N) is 1. The van der Waals surface area contributed by atoms with Gasteiger partial charge in [0.25, 0.3) is 5.56 Å². The second-order valence-corrected chi connectivity index (χ2v) is 5.56. The van der Waals surface area contributed by atoms with E-state index < -0.39 is 11.5 Å². The molecule has 8 heteroatoms. The first-order chi connectivity index (χ1) is 12.0. The van der Waals surface area contributed by atoms with E-state index in [1.54, 1.807) is 31.2 Å². The van der Waals surface area contributed by atoms with Crippen LogP contribution in [-0.4, -0.2) is 23.4 Å². The van der Waals surface area contributed by atoms with Crippen molar-refractivity contribution in [2.75, 3.05) is 6.61 Å². The van der Waals surface area contributed by atoms with Gasteiger partial charge in [0.1, 0.15) is 5.02 Å². The summed E-state index contributed by atoms with van der Waals surface area (Å²) in [5.74, 6) is -0.548. The maximum Gasteiger partial charge on any atom is 0.341 e. The predicted molar refractivity (Wildman–Crippen MR) is 99.1 cm³/mol. The first-order valence-electron chi connectivity index (χ1n) is 7.28. The Hall–Kier alpha value is -2.57. The minimum absolute atomic E-state index is 0.0431. The molecule has 0 saturated heterocycles. The lowest BCUT2D eigenvalue weighted by Crippen LogP contribution is -2.17. The molecule has 0 radical (unpaired) electrons. The van der Waals surface area contributed by atoms with Gasteiger partial charge in [0.15, 0.2) is 0 Å². The normalized spacial score (nSPS) is 11.7. The van der Waals surface area contributed by atoms with Crippen molar-refractivity contribution in [2.24, 2.45) is 10.7 Å². The van der Waals surface area contributed by atoms with Crippen molar-refractivity contribution in [1.82, 2.24) is 4.57 Å². The van der Waals surface area contributed by atoms with Gasteiger partial charge in [0.05, 0.1) is 22.9 Å². The van der Waals surface area contributed by atoms with Gasteiger partial charge < -0.3 is 10.5 Å². The lowest BCUT2D eigenvalue weighted by molar-refractivity contribution is -0.137. The van der Waals surface area contributed by atoms with Gasteiger partial charge in [-0.25, -0.2) is 4.79 Å². The maximum absolute atomic E-state index is 12.1. The van der Waals surface area contributed by atoms with Gasteiger partial charge in [-0.05, 0) is 37.3 Å². The van der Waals surface area contributed by atoms with Crippen LogP contribution in [0.1, 0.15) is 6.92 Å². The highest BCUT2D eigenvalue weighted by molar-refractivity contribution is 6.41. The van der Waals surface area contributed by atoms with Crippen molar-refractivity contribution in [3.63, 3.8) is 0 Å². The number of carbonyl (C=O) groups is 1. The van der Waals surface area contributed by atoms with E-state index in [1.807, 2.05) is 0 Å². The second-order valence-electron chi connectivity index (χ2n) is 4.77. The molecular formula is C17H15Cl2N3O3. The van der Waals surface area contributed by atoms with E-state index in [1.165, 1.54) is 23.0 Å². The summed E-state index contributed by atoms with van der Waals surface area (Å²) >= 11 is 11.7. The molecule has 130 valence electrons. The zero-order valence-electron chi connectivity index (χ0n) is 13.3. The Kier molecular flexibility index (Phi) is 6.38. The van der Waals surface area contributed by atoms with Gasteiger partial charge in [-0.3, -0.25) is 14.4 Å². The van der Waals surface area contributed by atoms with Crippen LogP contribution in [0.15, 0.2) is 58.1 Å². The molecular weight excluding hydrogens is 365 g/mol. The summed E-state index contributed by atoms with van der Waals surface area (Å²) in [5, 5.41) is 0.155. The maximum atomic E-state index is 12.1. The van der Waals surface area contributed by atoms with E-state index in [9.17, 15) is 9.59 Å². The smallest absolute Gasteiger partial charge is 0.341 e. The summed E-state index contributed by atoms with van der Waals surface area (Å²) < 4.78 is 6.22. The zero-order valence-corrected chi connectivity index (χ0v) is 14.8. The average Bonchev–Trinajstić information content (AvgIpc) is 2.61. The number of ether oxygens (including phenoxy) is 1. The Morgan fingerprint density at radius 1 is 1.28 bits per heavy atom. The fourth-order valence-corrected chi connectivity index (χ4v) is 2.20. The van der Waals surface area contributed by atoms with Crippen LogP contribution in [0.5, 0.6) is 0 Å². The summed E-state index contributed by atoms with van der Waals surface area (Å²) in [6, 6.07) is 8.28. The number of hydrogen-bond acceptors (Lipinski definition) is 5. The number of aliphatic imine (C=N–C) groups is 1. The largest absolute Gasteiger partial charge is 0.462 e. The van der Waals surface area contributed by atoms with Gasteiger partial charge in [0, 0.05) is 24.3 Å². The molecule has 1 aromatic heterocycles. The van der Waals surface area contributed by atoms with E-state index >= 15 is 0 Å². The van der Waals surface area contributed by atoms with Crippen molar-refractivity contribution >= 4 is 41.1 Å². The molecule has 0 bridgehead atoms. The Morgan fingerprint density at radius 3 is 2.56 bits per heavy atom. The molecule has 2 aromatic rings. The van der Waals surface area contributed by atoms with Gasteiger partial charge >= 0.3 is 5.97 Å². The van der Waals surface area contributed by atoms with Gasteiger partial charge in [0.2, 0.25) is 0 Å². The van der Waals surface area contributed by atoms with Crippen LogP contribution in [0.3, 0.4) is 0 Å². The zero-order chi connectivity index (χ0) is 18.4. The third kappa shape index (κ3) is 4.49. The molecule has 1 heterocycles. The monoisotopic (exact) mass is 379 g/mol. The molecule has 2 rings (SSSR count). The van der Waals surface area contributed by atoms with Gasteiger partial charge in [-0.2, -0.15) is 0 Å². The van der Waals surface area contributed by atoms with E-state index in [2.05, 4.69) is 4.99 Å². The van der Waals surface area contributed by atoms with Crippen LogP contribution < -0.4 is 11.3 Å². The Labute approximate surface area is 154 Å². The third-order valence-electron chi connectivity index (χ3n) is 3.16. The van der Waals surface area contributed by atoms with E-state index in [0.29, 0.717) is 11.4 Å². The minimum atomic E-state index is -0.548. The topological polar surface area (TPSA) is 86.7 Å². The van der Waals surface area contributed by atoms with Crippen LogP contribution in [-0.2, 0) is 9.53 Å². The minimum Gasteiger partial charge on any atom is -0.462 e. The van der Waals surface area contributed by atoms with E-state index in [4.69, 9.17) is 33.7 Å². The molecule has 0 aliphatic carbocycles.